The van der Waals surface area contributed by atoms with Crippen molar-refractivity contribution in [1.29, 1.82) is 0 Å². The number of ether oxygens (including phenoxy) is 1. The van der Waals surface area contributed by atoms with Gasteiger partial charge in [0.25, 0.3) is 11.8 Å². The highest BCUT2D eigenvalue weighted by atomic mass is 32.1. The number of anilines is 1. The molecule has 258 valence electrons. The summed E-state index contributed by atoms with van der Waals surface area (Å²) in [6, 6.07) is 4.01. The van der Waals surface area contributed by atoms with Crippen LogP contribution in [0.15, 0.2) is 36.4 Å². The number of thiol groups is 1. The van der Waals surface area contributed by atoms with Gasteiger partial charge in [-0.2, -0.15) is 12.6 Å². The fraction of sp³-hybridized carbons (Fsp3) is 0.531. The first kappa shape index (κ1) is 38.8. The van der Waals surface area contributed by atoms with E-state index in [4.69, 9.17) is 10.5 Å². The van der Waals surface area contributed by atoms with E-state index < -0.39 is 40.6 Å². The number of esters is 1. The number of nitrogens with two attached hydrogens (primary N) is 1. The van der Waals surface area contributed by atoms with Crippen LogP contribution in [0.1, 0.15) is 71.8 Å². The maximum absolute atomic E-state index is 13.3. The molecule has 0 fully saturated rings. The average molecular weight is 675 g/mol. The molecule has 1 aromatic rings. The van der Waals surface area contributed by atoms with Gasteiger partial charge in [0.1, 0.15) is 23.4 Å². The van der Waals surface area contributed by atoms with Crippen molar-refractivity contribution in [3.63, 3.8) is 0 Å². The minimum Gasteiger partial charge on any atom is -0.460 e. The lowest BCUT2D eigenvalue weighted by atomic mass is 10.0. The highest BCUT2D eigenvalue weighted by molar-refractivity contribution is 7.82. The van der Waals surface area contributed by atoms with Gasteiger partial charge in [0.05, 0.1) is 0 Å². The van der Waals surface area contributed by atoms with Crippen LogP contribution in [0.5, 0.6) is 0 Å². The van der Waals surface area contributed by atoms with Crippen LogP contribution >= 0.6 is 12.6 Å². The summed E-state index contributed by atoms with van der Waals surface area (Å²) in [7, 11) is 0. The van der Waals surface area contributed by atoms with E-state index in [0.29, 0.717) is 36.9 Å². The van der Waals surface area contributed by atoms with Gasteiger partial charge in [-0.25, -0.2) is 4.79 Å². The molecule has 0 bridgehead atoms. The first-order valence-corrected chi connectivity index (χ1v) is 16.0. The zero-order valence-corrected chi connectivity index (χ0v) is 28.2. The van der Waals surface area contributed by atoms with Crippen LogP contribution in [-0.2, 0) is 40.1 Å². The second kappa shape index (κ2) is 18.7. The third kappa shape index (κ3) is 13.9. The van der Waals surface area contributed by atoms with Crippen LogP contribution in [-0.4, -0.2) is 76.4 Å². The molecule has 1 aliphatic rings. The van der Waals surface area contributed by atoms with Crippen molar-refractivity contribution < 1.29 is 38.3 Å². The number of carbonyl (C=O) groups is 7. The maximum atomic E-state index is 13.3. The van der Waals surface area contributed by atoms with Crippen molar-refractivity contribution >= 4 is 59.9 Å². The minimum atomic E-state index is -1.00. The molecule has 0 aromatic heterocycles. The van der Waals surface area contributed by atoms with Gasteiger partial charge in [-0.15, -0.1) is 0 Å². The number of unbranched alkanes of at least 4 members (excludes halogenated alkanes) is 2. The number of primary amides is 1. The highest BCUT2D eigenvalue weighted by Gasteiger charge is 2.29. The summed E-state index contributed by atoms with van der Waals surface area (Å²) in [4.78, 5) is 86.8. The summed E-state index contributed by atoms with van der Waals surface area (Å²) >= 11 is 4.19. The number of carbonyl (C=O) groups excluding carboxylic acids is 7. The molecule has 47 heavy (non-hydrogen) atoms. The third-order valence-electron chi connectivity index (χ3n) is 7.14. The Morgan fingerprint density at radius 2 is 1.55 bits per heavy atom. The van der Waals surface area contributed by atoms with Gasteiger partial charge in [0.2, 0.25) is 17.7 Å². The van der Waals surface area contributed by atoms with Gasteiger partial charge in [-0.3, -0.25) is 33.7 Å². The van der Waals surface area contributed by atoms with Crippen LogP contribution in [0.25, 0.3) is 0 Å². The molecule has 2 atom stereocenters. The van der Waals surface area contributed by atoms with Crippen LogP contribution in [0.4, 0.5) is 10.5 Å². The second-order valence-electron chi connectivity index (χ2n) is 12.1. The number of amides is 7. The predicted octanol–water partition coefficient (Wildman–Crippen LogP) is 1.94. The third-order valence-corrected chi connectivity index (χ3v) is 7.33. The van der Waals surface area contributed by atoms with E-state index in [1.54, 1.807) is 52.0 Å². The number of rotatable bonds is 19. The normalized spacial score (nSPS) is 14.0. The van der Waals surface area contributed by atoms with E-state index >= 15 is 0 Å². The lowest BCUT2D eigenvalue weighted by Gasteiger charge is -2.25. The molecule has 15 heteroatoms. The molecule has 0 saturated heterocycles. The van der Waals surface area contributed by atoms with E-state index in [-0.39, 0.29) is 56.2 Å². The van der Waals surface area contributed by atoms with Crippen molar-refractivity contribution in [2.24, 2.45) is 11.7 Å². The number of nitrogens with zero attached hydrogens (tertiary/aromatic N) is 1. The van der Waals surface area contributed by atoms with Crippen molar-refractivity contribution in [3.05, 3.63) is 42.0 Å². The number of hydrogen-bond acceptors (Lipinski definition) is 9. The molecule has 1 heterocycles. The summed E-state index contributed by atoms with van der Waals surface area (Å²) in [5.41, 5.74) is 6.27. The number of imide groups is 1. The van der Waals surface area contributed by atoms with Gasteiger partial charge >= 0.3 is 12.0 Å². The molecule has 0 saturated carbocycles. The van der Waals surface area contributed by atoms with Gasteiger partial charge < -0.3 is 31.7 Å². The molecule has 7 amide bonds. The number of urea groups is 1. The molecule has 0 unspecified atom stereocenters. The predicted molar refractivity (Wildman–Crippen MR) is 178 cm³/mol. The zero-order chi connectivity index (χ0) is 35.1. The Kier molecular flexibility index (Phi) is 15.4. The Morgan fingerprint density at radius 3 is 2.13 bits per heavy atom. The zero-order valence-electron chi connectivity index (χ0n) is 27.3. The van der Waals surface area contributed by atoms with Crippen LogP contribution in [0.3, 0.4) is 0 Å². The van der Waals surface area contributed by atoms with E-state index in [0.717, 1.165) is 4.90 Å². The van der Waals surface area contributed by atoms with E-state index in [1.807, 2.05) is 0 Å². The standard InChI is InChI=1S/C32H46N6O8S/c1-20(2)27(37-24(39)10-6-5-7-18-38-25(40)15-16-26(38)41)29(43)36-23(9-8-17-34-31(33)45)28(42)35-22-13-11-21(12-14-22)19-46-30(44)32(3,4)47/h11-16,20,23,27,47H,5-10,17-19H2,1-4H3,(H,35,42)(H,36,43)(H,37,39)(H3,33,34,45)/t23-,27-/m1/s1. The number of hydrogen-bond donors (Lipinski definition) is 6. The fourth-order valence-corrected chi connectivity index (χ4v) is 4.52. The van der Waals surface area contributed by atoms with Gasteiger partial charge in [-0.05, 0) is 63.1 Å². The van der Waals surface area contributed by atoms with E-state index in [1.165, 1.54) is 12.2 Å². The first-order valence-electron chi connectivity index (χ1n) is 15.5. The molecule has 0 aliphatic carbocycles. The smallest absolute Gasteiger partial charge is 0.321 e. The van der Waals surface area contributed by atoms with Crippen molar-refractivity contribution in [2.45, 2.75) is 89.7 Å². The Labute approximate surface area is 280 Å². The molecular weight excluding hydrogens is 628 g/mol. The van der Waals surface area contributed by atoms with E-state index in [2.05, 4.69) is 33.9 Å². The van der Waals surface area contributed by atoms with Crippen LogP contribution in [0, 0.1) is 5.92 Å². The van der Waals surface area contributed by atoms with Gasteiger partial charge in [0.15, 0.2) is 0 Å². The van der Waals surface area contributed by atoms with E-state index in [9.17, 15) is 33.6 Å². The summed E-state index contributed by atoms with van der Waals surface area (Å²) in [5, 5.41) is 10.7. The fourth-order valence-electron chi connectivity index (χ4n) is 4.45. The molecule has 14 nitrogen and oxygen atoms in total. The Hall–Kier alpha value is -4.40. The molecule has 6 N–H and O–H groups in total. The second-order valence-corrected chi connectivity index (χ2v) is 13.2. The summed E-state index contributed by atoms with van der Waals surface area (Å²) < 4.78 is 4.32. The summed E-state index contributed by atoms with van der Waals surface area (Å²) in [6.45, 7) is 7.28. The maximum Gasteiger partial charge on any atom is 0.321 e. The largest absolute Gasteiger partial charge is 0.460 e. The topological polar surface area (TPSA) is 206 Å². The Balaban J connectivity index is 1.95. The quantitative estimate of drug-likeness (QED) is 0.0552. The van der Waals surface area contributed by atoms with Gasteiger partial charge in [0, 0.05) is 37.3 Å². The Morgan fingerprint density at radius 1 is 0.915 bits per heavy atom. The monoisotopic (exact) mass is 674 g/mol. The summed E-state index contributed by atoms with van der Waals surface area (Å²) in [5.74, 6) is -2.85. The molecule has 0 spiro atoms. The van der Waals surface area contributed by atoms with Crippen molar-refractivity contribution in [1.82, 2.24) is 20.9 Å². The molecule has 0 radical (unpaired) electrons. The lowest BCUT2D eigenvalue weighted by molar-refractivity contribution is -0.147. The number of nitrogens with one attached hydrogen (secondary N) is 4. The van der Waals surface area contributed by atoms with Gasteiger partial charge in [-0.1, -0.05) is 32.4 Å². The average Bonchev–Trinajstić information content (AvgIpc) is 3.32. The van der Waals surface area contributed by atoms with Crippen molar-refractivity contribution in [3.8, 4) is 0 Å². The molecule has 1 aromatic carbocycles. The molecule has 2 rings (SSSR count). The molecule has 1 aliphatic heterocycles. The summed E-state index contributed by atoms with van der Waals surface area (Å²) in [6.07, 6.45) is 4.74. The van der Waals surface area contributed by atoms with Crippen LogP contribution < -0.4 is 27.0 Å². The van der Waals surface area contributed by atoms with Crippen LogP contribution in [0.2, 0.25) is 0 Å². The highest BCUT2D eigenvalue weighted by Crippen LogP contribution is 2.17. The first-order chi connectivity index (χ1) is 22.1. The lowest BCUT2D eigenvalue weighted by Crippen LogP contribution is -2.54. The number of benzene rings is 1. The van der Waals surface area contributed by atoms with Crippen molar-refractivity contribution in [2.75, 3.05) is 18.4 Å². The minimum absolute atomic E-state index is 0.0310. The Bertz CT molecular complexity index is 1310. The SMILES string of the molecule is CC(C)[C@@H](NC(=O)CCCCCN1C(=O)C=CC1=O)C(=O)N[C@H](CCCNC(N)=O)C(=O)Nc1ccc(COC(=O)C(C)(C)S)cc1. The molecular formula is C32H46N6O8S.